The highest BCUT2D eigenvalue weighted by Crippen LogP contribution is 2.25. The molecule has 0 aliphatic rings. The fourth-order valence-corrected chi connectivity index (χ4v) is 2.71. The topological polar surface area (TPSA) is 21.3 Å². The zero-order chi connectivity index (χ0) is 16.5. The molecule has 0 heterocycles. The van der Waals surface area contributed by atoms with Crippen LogP contribution in [0.3, 0.4) is 0 Å². The van der Waals surface area contributed by atoms with Gasteiger partial charge in [-0.15, -0.1) is 0 Å². The van der Waals surface area contributed by atoms with Crippen LogP contribution in [-0.2, 0) is 13.2 Å². The Bertz CT molecular complexity index is 616. The Morgan fingerprint density at radius 1 is 1.00 bits per heavy atom. The summed E-state index contributed by atoms with van der Waals surface area (Å²) in [6, 6.07) is 13.4. The lowest BCUT2D eigenvalue weighted by atomic mass is 10.2. The first-order valence-corrected chi connectivity index (χ1v) is 8.81. The molecule has 1 N–H and O–H groups in total. The van der Waals surface area contributed by atoms with Crippen molar-refractivity contribution < 1.29 is 4.74 Å². The highest BCUT2D eigenvalue weighted by Gasteiger charge is 2.06. The number of halogens is 2. The zero-order valence-electron chi connectivity index (χ0n) is 13.4. The average molecular weight is 352 g/mol. The molecule has 0 saturated carbocycles. The minimum absolute atomic E-state index is 0.449. The summed E-state index contributed by atoms with van der Waals surface area (Å²) < 4.78 is 5.95. The van der Waals surface area contributed by atoms with Gasteiger partial charge in [-0.2, -0.15) is 0 Å². The summed E-state index contributed by atoms with van der Waals surface area (Å²) in [4.78, 5) is 0. The first-order valence-electron chi connectivity index (χ1n) is 8.06. The van der Waals surface area contributed by atoms with Crippen LogP contribution in [0.5, 0.6) is 5.75 Å². The third-order valence-corrected chi connectivity index (χ3v) is 4.24. The molecule has 2 nitrogen and oxygen atoms in total. The number of rotatable bonds is 9. The van der Waals surface area contributed by atoms with Crippen LogP contribution in [-0.4, -0.2) is 6.54 Å². The first-order chi connectivity index (χ1) is 11.2. The molecule has 0 atom stereocenters. The summed E-state index contributed by atoms with van der Waals surface area (Å²) >= 11 is 12.3. The third-order valence-electron chi connectivity index (χ3n) is 3.64. The maximum atomic E-state index is 6.17. The van der Waals surface area contributed by atoms with Crippen LogP contribution in [0.15, 0.2) is 42.5 Å². The fourth-order valence-electron chi connectivity index (χ4n) is 2.32. The van der Waals surface area contributed by atoms with E-state index in [2.05, 4.69) is 12.2 Å². The Balaban J connectivity index is 1.96. The summed E-state index contributed by atoms with van der Waals surface area (Å²) in [6.45, 7) is 4.41. The zero-order valence-corrected chi connectivity index (χ0v) is 15.0. The van der Waals surface area contributed by atoms with E-state index < -0.39 is 0 Å². The van der Waals surface area contributed by atoms with Crippen molar-refractivity contribution in [2.45, 2.75) is 39.3 Å². The smallest absolute Gasteiger partial charge is 0.124 e. The SMILES string of the molecule is CCCCCNCc1cc(Cl)ccc1OCc1ccccc1Cl. The normalized spacial score (nSPS) is 10.7. The Morgan fingerprint density at radius 2 is 1.83 bits per heavy atom. The third kappa shape index (κ3) is 6.06. The van der Waals surface area contributed by atoms with Crippen molar-refractivity contribution in [3.8, 4) is 5.75 Å². The van der Waals surface area contributed by atoms with E-state index in [1.807, 2.05) is 42.5 Å². The number of ether oxygens (including phenoxy) is 1. The minimum Gasteiger partial charge on any atom is -0.489 e. The van der Waals surface area contributed by atoms with Gasteiger partial charge in [0.15, 0.2) is 0 Å². The minimum atomic E-state index is 0.449. The van der Waals surface area contributed by atoms with E-state index >= 15 is 0 Å². The van der Waals surface area contributed by atoms with Gasteiger partial charge in [-0.25, -0.2) is 0 Å². The van der Waals surface area contributed by atoms with E-state index in [1.165, 1.54) is 19.3 Å². The molecule has 0 unspecified atom stereocenters. The molecule has 0 aliphatic heterocycles. The summed E-state index contributed by atoms with van der Waals surface area (Å²) in [7, 11) is 0. The van der Waals surface area contributed by atoms with Gasteiger partial charge in [-0.3, -0.25) is 0 Å². The first kappa shape index (κ1) is 18.1. The number of nitrogens with one attached hydrogen (secondary N) is 1. The van der Waals surface area contributed by atoms with Crippen molar-refractivity contribution in [3.63, 3.8) is 0 Å². The summed E-state index contributed by atoms with van der Waals surface area (Å²) in [6.07, 6.45) is 3.66. The maximum absolute atomic E-state index is 6.17. The highest BCUT2D eigenvalue weighted by molar-refractivity contribution is 6.31. The second-order valence-corrected chi connectivity index (χ2v) is 6.36. The van der Waals surface area contributed by atoms with E-state index in [1.54, 1.807) is 0 Å². The van der Waals surface area contributed by atoms with Crippen molar-refractivity contribution in [2.24, 2.45) is 0 Å². The summed E-state index contributed by atoms with van der Waals surface area (Å²) in [5.41, 5.74) is 2.05. The van der Waals surface area contributed by atoms with Gasteiger partial charge >= 0.3 is 0 Å². The maximum Gasteiger partial charge on any atom is 0.124 e. The van der Waals surface area contributed by atoms with Crippen LogP contribution in [0, 0.1) is 0 Å². The molecule has 2 aromatic rings. The lowest BCUT2D eigenvalue weighted by molar-refractivity contribution is 0.302. The Hall–Kier alpha value is -1.22. The lowest BCUT2D eigenvalue weighted by Gasteiger charge is -2.13. The molecule has 0 spiro atoms. The van der Waals surface area contributed by atoms with Gasteiger partial charge in [0.2, 0.25) is 0 Å². The predicted molar refractivity (Wildman–Crippen MR) is 98.5 cm³/mol. The van der Waals surface area contributed by atoms with E-state index in [0.717, 1.165) is 40.0 Å². The lowest BCUT2D eigenvalue weighted by Crippen LogP contribution is -2.15. The second kappa shape index (κ2) is 9.82. The van der Waals surface area contributed by atoms with E-state index in [0.29, 0.717) is 6.61 Å². The number of hydrogen-bond acceptors (Lipinski definition) is 2. The van der Waals surface area contributed by atoms with Gasteiger partial charge < -0.3 is 10.1 Å². The fraction of sp³-hybridized carbons (Fsp3) is 0.368. The number of benzene rings is 2. The van der Waals surface area contributed by atoms with Crippen LogP contribution >= 0.6 is 23.2 Å². The van der Waals surface area contributed by atoms with E-state index in [9.17, 15) is 0 Å². The predicted octanol–water partition coefficient (Wildman–Crippen LogP) is 5.85. The van der Waals surface area contributed by atoms with Gasteiger partial charge in [0, 0.05) is 27.7 Å². The Kier molecular flexibility index (Phi) is 7.73. The van der Waals surface area contributed by atoms with E-state index in [-0.39, 0.29) is 0 Å². The Labute approximate surface area is 148 Å². The van der Waals surface area contributed by atoms with Crippen LogP contribution in [0.4, 0.5) is 0 Å². The Morgan fingerprint density at radius 3 is 2.61 bits per heavy atom. The monoisotopic (exact) mass is 351 g/mol. The van der Waals surface area contributed by atoms with Crippen molar-refractivity contribution in [3.05, 3.63) is 63.6 Å². The highest BCUT2D eigenvalue weighted by atomic mass is 35.5. The van der Waals surface area contributed by atoms with Gasteiger partial charge in [0.1, 0.15) is 12.4 Å². The van der Waals surface area contributed by atoms with Gasteiger partial charge in [0.25, 0.3) is 0 Å². The van der Waals surface area contributed by atoms with Crippen LogP contribution in [0.2, 0.25) is 10.0 Å². The molecule has 0 aliphatic carbocycles. The van der Waals surface area contributed by atoms with Crippen molar-refractivity contribution in [1.29, 1.82) is 0 Å². The standard InChI is InChI=1S/C19H23Cl2NO/c1-2-3-6-11-22-13-16-12-17(20)9-10-19(16)23-14-15-7-4-5-8-18(15)21/h4-5,7-10,12,22H,2-3,6,11,13-14H2,1H3. The van der Waals surface area contributed by atoms with Gasteiger partial charge in [0.05, 0.1) is 0 Å². The van der Waals surface area contributed by atoms with Crippen LogP contribution in [0.1, 0.15) is 37.3 Å². The van der Waals surface area contributed by atoms with Crippen molar-refractivity contribution >= 4 is 23.2 Å². The average Bonchev–Trinajstić information content (AvgIpc) is 2.55. The quantitative estimate of drug-likeness (QED) is 0.572. The molecule has 4 heteroatoms. The summed E-state index contributed by atoms with van der Waals surface area (Å²) in [5.74, 6) is 0.845. The largest absolute Gasteiger partial charge is 0.489 e. The second-order valence-electron chi connectivity index (χ2n) is 5.52. The van der Waals surface area contributed by atoms with E-state index in [4.69, 9.17) is 27.9 Å². The summed E-state index contributed by atoms with van der Waals surface area (Å²) in [5, 5.41) is 4.89. The molecule has 23 heavy (non-hydrogen) atoms. The van der Waals surface area contributed by atoms with Crippen molar-refractivity contribution in [1.82, 2.24) is 5.32 Å². The van der Waals surface area contributed by atoms with Crippen LogP contribution in [0.25, 0.3) is 0 Å². The molecule has 0 amide bonds. The molecule has 2 aromatic carbocycles. The molecule has 0 aromatic heterocycles. The number of hydrogen-bond donors (Lipinski definition) is 1. The van der Waals surface area contributed by atoms with Gasteiger partial charge in [-0.05, 0) is 37.2 Å². The molecular formula is C19H23Cl2NO. The molecule has 0 fully saturated rings. The van der Waals surface area contributed by atoms with Crippen LogP contribution < -0.4 is 10.1 Å². The van der Waals surface area contributed by atoms with Crippen molar-refractivity contribution in [2.75, 3.05) is 6.54 Å². The molecular weight excluding hydrogens is 329 g/mol. The van der Waals surface area contributed by atoms with Gasteiger partial charge in [-0.1, -0.05) is 61.2 Å². The molecule has 0 radical (unpaired) electrons. The molecule has 0 bridgehead atoms. The molecule has 2 rings (SSSR count). The number of unbranched alkanes of at least 4 members (excludes halogenated alkanes) is 2. The molecule has 124 valence electrons. The molecule has 0 saturated heterocycles.